The Morgan fingerprint density at radius 1 is 0.833 bits per heavy atom. The molecule has 2 aromatic rings. The molecule has 0 unspecified atom stereocenters. The number of carboxylic acids is 1. The lowest BCUT2D eigenvalue weighted by Crippen LogP contribution is -2.02. The highest BCUT2D eigenvalue weighted by molar-refractivity contribution is 5.79. The zero-order valence-electron chi connectivity index (χ0n) is 22.0. The van der Waals surface area contributed by atoms with Gasteiger partial charge in [0.15, 0.2) is 11.6 Å². The van der Waals surface area contributed by atoms with E-state index in [0.717, 1.165) is 70.1 Å². The van der Waals surface area contributed by atoms with Crippen LogP contribution in [0.5, 0.6) is 5.75 Å². The number of carbonyl (C=O) groups is 1. The van der Waals surface area contributed by atoms with Crippen molar-refractivity contribution in [2.75, 3.05) is 19.8 Å². The summed E-state index contributed by atoms with van der Waals surface area (Å²) in [6, 6.07) is 8.49. The molecule has 0 spiro atoms. The summed E-state index contributed by atoms with van der Waals surface area (Å²) in [6.45, 7) is 4.54. The van der Waals surface area contributed by atoms with Crippen LogP contribution >= 0.6 is 0 Å². The summed E-state index contributed by atoms with van der Waals surface area (Å²) in [5, 5.41) is 8.56. The van der Waals surface area contributed by atoms with E-state index in [1.54, 1.807) is 18.5 Å². The first kappa shape index (κ1) is 29.5. The zero-order chi connectivity index (χ0) is 25.7. The first-order chi connectivity index (χ1) is 17.7. The van der Waals surface area contributed by atoms with Gasteiger partial charge in [0.2, 0.25) is 0 Å². The Balaban J connectivity index is 1.56. The fraction of sp³-hybridized carbons (Fsp3) is 0.567. The van der Waals surface area contributed by atoms with Crippen LogP contribution in [0.15, 0.2) is 48.8 Å². The van der Waals surface area contributed by atoms with Crippen molar-refractivity contribution in [2.24, 2.45) is 0 Å². The highest BCUT2D eigenvalue weighted by Gasteiger charge is 2.03. The molecule has 0 aliphatic rings. The van der Waals surface area contributed by atoms with Crippen LogP contribution in [0.25, 0.3) is 11.4 Å². The van der Waals surface area contributed by atoms with Gasteiger partial charge in [-0.3, -0.25) is 0 Å². The molecule has 1 heterocycles. The van der Waals surface area contributed by atoms with E-state index in [1.807, 2.05) is 0 Å². The lowest BCUT2D eigenvalue weighted by Gasteiger charge is -2.07. The van der Waals surface area contributed by atoms with E-state index in [9.17, 15) is 4.79 Å². The van der Waals surface area contributed by atoms with Crippen molar-refractivity contribution in [3.05, 3.63) is 54.4 Å². The summed E-state index contributed by atoms with van der Waals surface area (Å²) < 4.78 is 11.4. The molecule has 1 aromatic carbocycles. The summed E-state index contributed by atoms with van der Waals surface area (Å²) in [5.41, 5.74) is 2.34. The van der Waals surface area contributed by atoms with Gasteiger partial charge in [-0.05, 0) is 50.5 Å². The van der Waals surface area contributed by atoms with Gasteiger partial charge in [0, 0.05) is 24.9 Å². The highest BCUT2D eigenvalue weighted by Crippen LogP contribution is 2.19. The molecule has 1 N–H and O–H groups in total. The minimum atomic E-state index is -0.866. The predicted octanol–water partition coefficient (Wildman–Crippen LogP) is 7.42. The van der Waals surface area contributed by atoms with Crippen molar-refractivity contribution in [1.82, 2.24) is 9.97 Å². The molecule has 0 amide bonds. The molecule has 2 rings (SSSR count). The van der Waals surface area contributed by atoms with E-state index in [-0.39, 0.29) is 0 Å². The lowest BCUT2D eigenvalue weighted by molar-refractivity contribution is -0.131. The van der Waals surface area contributed by atoms with E-state index in [0.29, 0.717) is 18.2 Å². The molecule has 36 heavy (non-hydrogen) atoms. The van der Waals surface area contributed by atoms with Gasteiger partial charge in [-0.2, -0.15) is 0 Å². The van der Waals surface area contributed by atoms with Crippen LogP contribution in [0.4, 0.5) is 0 Å². The monoisotopic (exact) mass is 496 g/mol. The van der Waals surface area contributed by atoms with E-state index in [4.69, 9.17) is 14.6 Å². The predicted molar refractivity (Wildman–Crippen MR) is 145 cm³/mol. The second kappa shape index (κ2) is 19.5. The lowest BCUT2D eigenvalue weighted by atomic mass is 10.0. The maximum atomic E-state index is 10.4. The van der Waals surface area contributed by atoms with Gasteiger partial charge in [0.05, 0.1) is 19.0 Å². The normalized spacial score (nSPS) is 11.2. The van der Waals surface area contributed by atoms with E-state index >= 15 is 0 Å². The van der Waals surface area contributed by atoms with Crippen LogP contribution in [-0.4, -0.2) is 40.9 Å². The minimum Gasteiger partial charge on any atom is -0.490 e. The molecule has 0 aliphatic carbocycles. The smallest absolute Gasteiger partial charge is 0.327 e. The van der Waals surface area contributed by atoms with Gasteiger partial charge in [-0.15, -0.1) is 0 Å². The number of carboxylic acid groups (broad SMARTS) is 1. The summed E-state index contributed by atoms with van der Waals surface area (Å²) in [7, 11) is 0. The average Bonchev–Trinajstić information content (AvgIpc) is 2.89. The summed E-state index contributed by atoms with van der Waals surface area (Å²) in [4.78, 5) is 19.4. The third kappa shape index (κ3) is 14.0. The molecule has 0 saturated heterocycles. The molecule has 0 bridgehead atoms. The number of nitrogens with zero attached hydrogens (tertiary/aromatic N) is 2. The molecular weight excluding hydrogens is 452 g/mol. The summed E-state index contributed by atoms with van der Waals surface area (Å²) in [6.07, 6.45) is 21.1. The van der Waals surface area contributed by atoms with Crippen molar-refractivity contribution in [3.8, 4) is 17.1 Å². The Morgan fingerprint density at radius 3 is 2.19 bits per heavy atom. The van der Waals surface area contributed by atoms with Crippen molar-refractivity contribution in [2.45, 2.75) is 90.4 Å². The minimum absolute atomic E-state index is 0.651. The number of aromatic nitrogens is 2. The molecule has 0 atom stereocenters. The van der Waals surface area contributed by atoms with Crippen LogP contribution in [0.2, 0.25) is 0 Å². The highest BCUT2D eigenvalue weighted by atomic mass is 16.5. The van der Waals surface area contributed by atoms with E-state index in [2.05, 4.69) is 41.2 Å². The maximum absolute atomic E-state index is 10.4. The first-order valence-corrected chi connectivity index (χ1v) is 13.7. The fourth-order valence-corrected chi connectivity index (χ4v) is 3.90. The standard InChI is InChI=1S/C30H44N2O4/c1-2-3-4-12-21-35-22-13-14-23-36-28-24-31-30(32-25-28)27-19-17-26(18-20-27)15-10-8-6-5-7-9-11-16-29(33)34/h11,16-20,24-25H,2-10,12-15,21-23H2,1H3,(H,33,34)/b16-11+. The Labute approximate surface area is 217 Å². The SMILES string of the molecule is CCCCCCOCCCCOc1cnc(-c2ccc(CCCCCCC/C=C/C(=O)O)cc2)nc1. The van der Waals surface area contributed by atoms with Gasteiger partial charge in [0.25, 0.3) is 0 Å². The third-order valence-corrected chi connectivity index (χ3v) is 6.03. The van der Waals surface area contributed by atoms with Crippen molar-refractivity contribution < 1.29 is 19.4 Å². The van der Waals surface area contributed by atoms with Crippen LogP contribution in [0.3, 0.4) is 0 Å². The van der Waals surface area contributed by atoms with Gasteiger partial charge >= 0.3 is 5.97 Å². The van der Waals surface area contributed by atoms with Crippen LogP contribution in [-0.2, 0) is 16.0 Å². The molecular formula is C30H44N2O4. The maximum Gasteiger partial charge on any atom is 0.327 e. The topological polar surface area (TPSA) is 81.5 Å². The van der Waals surface area contributed by atoms with E-state index < -0.39 is 5.97 Å². The zero-order valence-corrected chi connectivity index (χ0v) is 22.0. The van der Waals surface area contributed by atoms with Crippen molar-refractivity contribution in [1.29, 1.82) is 0 Å². The fourth-order valence-electron chi connectivity index (χ4n) is 3.90. The average molecular weight is 497 g/mol. The number of ether oxygens (including phenoxy) is 2. The number of aliphatic carboxylic acids is 1. The van der Waals surface area contributed by atoms with E-state index in [1.165, 1.54) is 43.7 Å². The summed E-state index contributed by atoms with van der Waals surface area (Å²) in [5.74, 6) is 0.547. The number of hydrogen-bond donors (Lipinski definition) is 1. The van der Waals surface area contributed by atoms with Gasteiger partial charge in [-0.25, -0.2) is 14.8 Å². The van der Waals surface area contributed by atoms with Crippen LogP contribution in [0.1, 0.15) is 89.5 Å². The molecule has 0 saturated carbocycles. The third-order valence-electron chi connectivity index (χ3n) is 6.03. The largest absolute Gasteiger partial charge is 0.490 e. The Bertz CT molecular complexity index is 850. The molecule has 6 heteroatoms. The molecule has 198 valence electrons. The number of unbranched alkanes of at least 4 members (excludes halogenated alkanes) is 9. The first-order valence-electron chi connectivity index (χ1n) is 13.7. The number of aryl methyl sites for hydroxylation is 1. The number of rotatable bonds is 21. The Hall–Kier alpha value is -2.73. The number of allylic oxidation sites excluding steroid dienone is 1. The molecule has 0 aliphatic heterocycles. The van der Waals surface area contributed by atoms with Gasteiger partial charge in [-0.1, -0.05) is 75.8 Å². The number of hydrogen-bond acceptors (Lipinski definition) is 5. The van der Waals surface area contributed by atoms with Crippen LogP contribution in [0, 0.1) is 0 Å². The van der Waals surface area contributed by atoms with Gasteiger partial charge < -0.3 is 14.6 Å². The Kier molecular flexibility index (Phi) is 15.9. The molecule has 1 aromatic heterocycles. The quantitative estimate of drug-likeness (QED) is 0.143. The van der Waals surface area contributed by atoms with Gasteiger partial charge in [0.1, 0.15) is 0 Å². The second-order valence-electron chi connectivity index (χ2n) is 9.21. The van der Waals surface area contributed by atoms with Crippen molar-refractivity contribution >= 4 is 5.97 Å². The number of benzene rings is 1. The molecule has 6 nitrogen and oxygen atoms in total. The summed E-state index contributed by atoms with van der Waals surface area (Å²) >= 11 is 0. The molecule has 0 fully saturated rings. The Morgan fingerprint density at radius 2 is 1.47 bits per heavy atom. The van der Waals surface area contributed by atoms with Crippen LogP contribution < -0.4 is 4.74 Å². The van der Waals surface area contributed by atoms with Crippen molar-refractivity contribution in [3.63, 3.8) is 0 Å². The second-order valence-corrected chi connectivity index (χ2v) is 9.21. The molecule has 0 radical (unpaired) electrons.